The van der Waals surface area contributed by atoms with Gasteiger partial charge in [0.2, 0.25) is 10.0 Å². The van der Waals surface area contributed by atoms with E-state index < -0.39 is 10.0 Å². The molecule has 1 aliphatic heterocycles. The van der Waals surface area contributed by atoms with Crippen molar-refractivity contribution in [2.75, 3.05) is 25.1 Å². The number of aryl methyl sites for hydroxylation is 2. The molecular formula is C29H31N3O4S2. The summed E-state index contributed by atoms with van der Waals surface area (Å²) in [7, 11) is -2.13. The molecular weight excluding hydrogens is 518 g/mol. The zero-order valence-electron chi connectivity index (χ0n) is 21.8. The van der Waals surface area contributed by atoms with E-state index in [9.17, 15) is 13.2 Å². The number of amides is 1. The van der Waals surface area contributed by atoms with E-state index in [1.165, 1.54) is 33.3 Å². The lowest BCUT2D eigenvalue weighted by Gasteiger charge is -2.22. The average molecular weight is 550 g/mol. The summed E-state index contributed by atoms with van der Waals surface area (Å²) in [6.45, 7) is 5.44. The Kier molecular flexibility index (Phi) is 7.63. The molecule has 5 rings (SSSR count). The summed E-state index contributed by atoms with van der Waals surface area (Å²) in [6, 6.07) is 20.1. The predicted molar refractivity (Wildman–Crippen MR) is 151 cm³/mol. The number of aromatic nitrogens is 1. The Balaban J connectivity index is 1.43. The van der Waals surface area contributed by atoms with E-state index in [2.05, 4.69) is 19.9 Å². The second-order valence-corrected chi connectivity index (χ2v) is 12.8. The van der Waals surface area contributed by atoms with Gasteiger partial charge in [-0.05, 0) is 79.8 Å². The minimum atomic E-state index is -3.70. The minimum Gasteiger partial charge on any atom is -0.377 e. The molecule has 0 spiro atoms. The number of rotatable bonds is 8. The fraction of sp³-hybridized carbons (Fsp3) is 0.310. The van der Waals surface area contributed by atoms with E-state index >= 15 is 0 Å². The fourth-order valence-corrected chi connectivity index (χ4v) is 6.80. The number of nitrogens with zero attached hydrogens (tertiary/aromatic N) is 3. The van der Waals surface area contributed by atoms with E-state index in [1.807, 2.05) is 36.4 Å². The molecule has 0 saturated carbocycles. The molecule has 0 N–H and O–H groups in total. The second-order valence-electron chi connectivity index (χ2n) is 9.72. The Morgan fingerprint density at radius 1 is 1.05 bits per heavy atom. The molecule has 9 heteroatoms. The summed E-state index contributed by atoms with van der Waals surface area (Å²) < 4.78 is 34.2. The van der Waals surface area contributed by atoms with Crippen LogP contribution in [0.3, 0.4) is 0 Å². The van der Waals surface area contributed by atoms with E-state index in [1.54, 1.807) is 24.1 Å². The average Bonchev–Trinajstić information content (AvgIpc) is 3.57. The first-order valence-electron chi connectivity index (χ1n) is 12.6. The number of benzene rings is 3. The number of carbonyl (C=O) groups is 1. The first-order valence-corrected chi connectivity index (χ1v) is 14.9. The first-order chi connectivity index (χ1) is 18.2. The number of carbonyl (C=O) groups excluding carboxylic acids is 1. The Hall–Kier alpha value is -3.11. The number of ether oxygens (including phenoxy) is 1. The molecule has 1 amide bonds. The zero-order chi connectivity index (χ0) is 26.9. The molecule has 38 heavy (non-hydrogen) atoms. The Bertz CT molecular complexity index is 1510. The van der Waals surface area contributed by atoms with Gasteiger partial charge in [-0.2, -0.15) is 4.31 Å². The van der Waals surface area contributed by atoms with Crippen LogP contribution in [0, 0.1) is 13.8 Å². The summed E-state index contributed by atoms with van der Waals surface area (Å²) in [5.74, 6) is -0.238. The lowest BCUT2D eigenvalue weighted by atomic mass is 10.1. The van der Waals surface area contributed by atoms with Crippen molar-refractivity contribution in [2.24, 2.45) is 0 Å². The van der Waals surface area contributed by atoms with Gasteiger partial charge in [0.05, 0.1) is 27.8 Å². The van der Waals surface area contributed by atoms with Crippen molar-refractivity contribution in [1.29, 1.82) is 0 Å². The van der Waals surface area contributed by atoms with Crippen molar-refractivity contribution in [1.82, 2.24) is 9.29 Å². The third-order valence-electron chi connectivity index (χ3n) is 6.95. The highest BCUT2D eigenvalue weighted by atomic mass is 32.2. The Morgan fingerprint density at radius 2 is 1.76 bits per heavy atom. The molecule has 1 saturated heterocycles. The topological polar surface area (TPSA) is 79.8 Å². The molecule has 1 unspecified atom stereocenters. The van der Waals surface area contributed by atoms with Crippen LogP contribution in [0.5, 0.6) is 0 Å². The number of hydrogen-bond acceptors (Lipinski definition) is 6. The van der Waals surface area contributed by atoms with Crippen molar-refractivity contribution in [3.8, 4) is 0 Å². The number of thiazole rings is 1. The maximum atomic E-state index is 13.8. The summed E-state index contributed by atoms with van der Waals surface area (Å²) in [5.41, 5.74) is 4.55. The maximum Gasteiger partial charge on any atom is 0.260 e. The van der Waals surface area contributed by atoms with Crippen molar-refractivity contribution >= 4 is 42.6 Å². The van der Waals surface area contributed by atoms with Gasteiger partial charge in [0.1, 0.15) is 0 Å². The van der Waals surface area contributed by atoms with E-state index in [4.69, 9.17) is 9.72 Å². The first kappa shape index (κ1) is 26.5. The van der Waals surface area contributed by atoms with Crippen molar-refractivity contribution < 1.29 is 17.9 Å². The number of likely N-dealkylation sites (N-methyl/N-ethyl adjacent to an activating group) is 1. The predicted octanol–water partition coefficient (Wildman–Crippen LogP) is 5.56. The van der Waals surface area contributed by atoms with Gasteiger partial charge in [-0.3, -0.25) is 9.69 Å². The molecule has 1 fully saturated rings. The van der Waals surface area contributed by atoms with Gasteiger partial charge >= 0.3 is 0 Å². The van der Waals surface area contributed by atoms with Crippen LogP contribution >= 0.6 is 11.3 Å². The molecule has 0 aliphatic carbocycles. The number of fused-ring (bicyclic) bond motifs is 1. The highest BCUT2D eigenvalue weighted by Gasteiger charge is 2.27. The normalized spacial score (nSPS) is 15.8. The van der Waals surface area contributed by atoms with E-state index in [-0.39, 0.29) is 16.9 Å². The van der Waals surface area contributed by atoms with Crippen LogP contribution in [0.2, 0.25) is 0 Å². The highest BCUT2D eigenvalue weighted by Crippen LogP contribution is 2.32. The van der Waals surface area contributed by atoms with Crippen LogP contribution in [0.25, 0.3) is 10.2 Å². The van der Waals surface area contributed by atoms with Gasteiger partial charge in [-0.25, -0.2) is 13.4 Å². The maximum absolute atomic E-state index is 13.8. The van der Waals surface area contributed by atoms with Crippen LogP contribution in [-0.4, -0.2) is 49.9 Å². The van der Waals surface area contributed by atoms with Crippen LogP contribution in [0.15, 0.2) is 71.6 Å². The lowest BCUT2D eigenvalue weighted by Crippen LogP contribution is -2.34. The standard InChI is InChI=1S/C29H31N3O4S2/c1-20-16-26-27(17-21(20)2)37-29(30-26)32(18-22-8-5-4-6-9-22)28(33)23-11-13-25(14-12-23)38(34,35)31(3)19-24-10-7-15-36-24/h4-6,8-9,11-14,16-17,24H,7,10,15,18-19H2,1-3H3. The zero-order valence-corrected chi connectivity index (χ0v) is 23.4. The van der Waals surface area contributed by atoms with Gasteiger partial charge in [0.15, 0.2) is 5.13 Å². The minimum absolute atomic E-state index is 0.0800. The van der Waals surface area contributed by atoms with Crippen molar-refractivity contribution in [3.05, 3.63) is 89.0 Å². The second kappa shape index (κ2) is 10.9. The third-order valence-corrected chi connectivity index (χ3v) is 9.83. The van der Waals surface area contributed by atoms with E-state index in [0.29, 0.717) is 30.4 Å². The van der Waals surface area contributed by atoms with Crippen LogP contribution in [-0.2, 0) is 21.3 Å². The molecule has 7 nitrogen and oxygen atoms in total. The number of anilines is 1. The molecule has 0 bridgehead atoms. The summed E-state index contributed by atoms with van der Waals surface area (Å²) in [5, 5.41) is 0.604. The molecule has 1 aliphatic rings. The molecule has 1 aromatic heterocycles. The summed E-state index contributed by atoms with van der Waals surface area (Å²) in [4.78, 5) is 20.4. The van der Waals surface area contributed by atoms with Crippen LogP contribution in [0.1, 0.15) is 39.9 Å². The molecule has 4 aromatic rings. The SMILES string of the molecule is Cc1cc2nc(N(Cc3ccccc3)C(=O)c3ccc(S(=O)(=O)N(C)CC4CCCO4)cc3)sc2cc1C. The number of sulfonamides is 1. The van der Waals surface area contributed by atoms with E-state index in [0.717, 1.165) is 34.2 Å². The van der Waals surface area contributed by atoms with Crippen molar-refractivity contribution in [3.63, 3.8) is 0 Å². The number of hydrogen-bond donors (Lipinski definition) is 0. The van der Waals surface area contributed by atoms with Crippen LogP contribution < -0.4 is 4.90 Å². The monoisotopic (exact) mass is 549 g/mol. The molecule has 0 radical (unpaired) electrons. The molecule has 1 atom stereocenters. The largest absolute Gasteiger partial charge is 0.377 e. The lowest BCUT2D eigenvalue weighted by molar-refractivity contribution is 0.0978. The Morgan fingerprint density at radius 3 is 2.45 bits per heavy atom. The van der Waals surface area contributed by atoms with Crippen molar-refractivity contribution in [2.45, 2.75) is 44.2 Å². The quantitative estimate of drug-likeness (QED) is 0.288. The Labute approximate surface area is 227 Å². The fourth-order valence-electron chi connectivity index (χ4n) is 4.55. The van der Waals surface area contributed by atoms with Gasteiger partial charge in [0, 0.05) is 25.8 Å². The molecule has 3 aromatic carbocycles. The summed E-state index contributed by atoms with van der Waals surface area (Å²) >= 11 is 1.48. The van der Waals surface area contributed by atoms with Crippen LogP contribution in [0.4, 0.5) is 5.13 Å². The molecule has 2 heterocycles. The van der Waals surface area contributed by atoms with Gasteiger partial charge in [-0.1, -0.05) is 41.7 Å². The molecule has 198 valence electrons. The van der Waals surface area contributed by atoms with Gasteiger partial charge < -0.3 is 4.74 Å². The summed E-state index contributed by atoms with van der Waals surface area (Å²) in [6.07, 6.45) is 1.72. The third kappa shape index (κ3) is 5.51. The highest BCUT2D eigenvalue weighted by molar-refractivity contribution is 7.89. The van der Waals surface area contributed by atoms with Gasteiger partial charge in [-0.15, -0.1) is 0 Å². The van der Waals surface area contributed by atoms with Gasteiger partial charge in [0.25, 0.3) is 5.91 Å². The smallest absolute Gasteiger partial charge is 0.260 e.